The molecular weight excluding hydrogens is 250 g/mol. The molecule has 0 unspecified atom stereocenters. The number of nitrogens with two attached hydrogens (primary N) is 1. The first-order valence-corrected chi connectivity index (χ1v) is 7.78. The molecular formula is C15H25N5. The Morgan fingerprint density at radius 3 is 2.35 bits per heavy atom. The van der Waals surface area contributed by atoms with Crippen LogP contribution in [0.25, 0.3) is 0 Å². The van der Waals surface area contributed by atoms with Crippen LogP contribution in [-0.2, 0) is 0 Å². The standard InChI is InChI=1S/C15H25N5/c16-15(4-1-2-5-15)6-9-19-10-12-20(13-11-19)14-17-7-3-8-18-14/h3,7-8H,1-2,4-6,9-13,16H2. The van der Waals surface area contributed by atoms with Gasteiger partial charge in [0.1, 0.15) is 0 Å². The molecule has 1 saturated heterocycles. The smallest absolute Gasteiger partial charge is 0.225 e. The maximum Gasteiger partial charge on any atom is 0.225 e. The number of nitrogens with zero attached hydrogens (tertiary/aromatic N) is 4. The lowest BCUT2D eigenvalue weighted by Gasteiger charge is -2.36. The van der Waals surface area contributed by atoms with E-state index in [1.807, 2.05) is 18.5 Å². The van der Waals surface area contributed by atoms with Crippen molar-refractivity contribution in [2.45, 2.75) is 37.6 Å². The van der Waals surface area contributed by atoms with E-state index >= 15 is 0 Å². The molecule has 1 saturated carbocycles. The molecule has 0 atom stereocenters. The van der Waals surface area contributed by atoms with Crippen molar-refractivity contribution in [2.75, 3.05) is 37.6 Å². The van der Waals surface area contributed by atoms with Crippen LogP contribution in [0.4, 0.5) is 5.95 Å². The zero-order valence-corrected chi connectivity index (χ0v) is 12.2. The molecule has 2 N–H and O–H groups in total. The van der Waals surface area contributed by atoms with Gasteiger partial charge in [-0.15, -0.1) is 0 Å². The molecule has 20 heavy (non-hydrogen) atoms. The Morgan fingerprint density at radius 1 is 1.05 bits per heavy atom. The van der Waals surface area contributed by atoms with Crippen LogP contribution in [0.15, 0.2) is 18.5 Å². The number of aromatic nitrogens is 2. The molecule has 3 rings (SSSR count). The van der Waals surface area contributed by atoms with Crippen molar-refractivity contribution in [1.29, 1.82) is 0 Å². The highest BCUT2D eigenvalue weighted by molar-refractivity contribution is 5.29. The maximum absolute atomic E-state index is 6.44. The largest absolute Gasteiger partial charge is 0.338 e. The van der Waals surface area contributed by atoms with Gasteiger partial charge in [0.05, 0.1) is 0 Å². The molecule has 1 aromatic heterocycles. The molecule has 0 spiro atoms. The normalized spacial score (nSPS) is 23.1. The fraction of sp³-hybridized carbons (Fsp3) is 0.733. The van der Waals surface area contributed by atoms with Crippen molar-refractivity contribution < 1.29 is 0 Å². The topological polar surface area (TPSA) is 58.3 Å². The van der Waals surface area contributed by atoms with Crippen molar-refractivity contribution in [3.63, 3.8) is 0 Å². The van der Waals surface area contributed by atoms with Crippen LogP contribution in [-0.4, -0.2) is 53.1 Å². The summed E-state index contributed by atoms with van der Waals surface area (Å²) in [5, 5.41) is 0. The fourth-order valence-electron chi connectivity index (χ4n) is 3.34. The minimum atomic E-state index is 0.125. The van der Waals surface area contributed by atoms with Gasteiger partial charge < -0.3 is 10.6 Å². The Balaban J connectivity index is 1.44. The third-order valence-electron chi connectivity index (χ3n) is 4.73. The minimum Gasteiger partial charge on any atom is -0.338 e. The minimum absolute atomic E-state index is 0.125. The van der Waals surface area contributed by atoms with Crippen molar-refractivity contribution >= 4 is 5.95 Å². The molecule has 2 aliphatic rings. The summed E-state index contributed by atoms with van der Waals surface area (Å²) in [5.74, 6) is 0.859. The summed E-state index contributed by atoms with van der Waals surface area (Å²) in [6.45, 7) is 5.35. The van der Waals surface area contributed by atoms with Gasteiger partial charge in [-0.1, -0.05) is 12.8 Å². The average molecular weight is 275 g/mol. The van der Waals surface area contributed by atoms with Crippen LogP contribution in [0.3, 0.4) is 0 Å². The molecule has 0 amide bonds. The summed E-state index contributed by atoms with van der Waals surface area (Å²) < 4.78 is 0. The first-order chi connectivity index (χ1) is 9.75. The summed E-state index contributed by atoms with van der Waals surface area (Å²) in [6, 6.07) is 1.86. The van der Waals surface area contributed by atoms with Gasteiger partial charge in [-0.25, -0.2) is 9.97 Å². The van der Waals surface area contributed by atoms with Crippen LogP contribution in [0, 0.1) is 0 Å². The van der Waals surface area contributed by atoms with E-state index in [-0.39, 0.29) is 5.54 Å². The molecule has 5 nitrogen and oxygen atoms in total. The lowest BCUT2D eigenvalue weighted by Crippen LogP contribution is -2.49. The second-order valence-electron chi connectivity index (χ2n) is 6.20. The summed E-state index contributed by atoms with van der Waals surface area (Å²) in [6.07, 6.45) is 9.83. The van der Waals surface area contributed by atoms with Gasteiger partial charge in [-0.05, 0) is 25.3 Å². The van der Waals surface area contributed by atoms with E-state index in [0.717, 1.165) is 45.1 Å². The van der Waals surface area contributed by atoms with Crippen LogP contribution < -0.4 is 10.6 Å². The van der Waals surface area contributed by atoms with E-state index < -0.39 is 0 Å². The van der Waals surface area contributed by atoms with E-state index in [0.29, 0.717) is 0 Å². The third kappa shape index (κ3) is 3.27. The molecule has 2 fully saturated rings. The first-order valence-electron chi connectivity index (χ1n) is 7.78. The average Bonchev–Trinajstić information content (AvgIpc) is 2.94. The SMILES string of the molecule is NC1(CCN2CCN(c3ncccn3)CC2)CCCC1. The number of hydrogen-bond donors (Lipinski definition) is 1. The van der Waals surface area contributed by atoms with Crippen molar-refractivity contribution in [3.8, 4) is 0 Å². The first kappa shape index (κ1) is 13.8. The van der Waals surface area contributed by atoms with Crippen LogP contribution in [0.1, 0.15) is 32.1 Å². The van der Waals surface area contributed by atoms with Gasteiger partial charge >= 0.3 is 0 Å². The highest BCUT2D eigenvalue weighted by Crippen LogP contribution is 2.30. The Morgan fingerprint density at radius 2 is 1.70 bits per heavy atom. The monoisotopic (exact) mass is 275 g/mol. The molecule has 1 aliphatic heterocycles. The molecule has 0 bridgehead atoms. The molecule has 0 aromatic carbocycles. The van der Waals surface area contributed by atoms with Crippen molar-refractivity contribution in [3.05, 3.63) is 18.5 Å². The number of rotatable bonds is 4. The summed E-state index contributed by atoms with van der Waals surface area (Å²) in [5.41, 5.74) is 6.56. The quantitative estimate of drug-likeness (QED) is 0.896. The summed E-state index contributed by atoms with van der Waals surface area (Å²) in [4.78, 5) is 13.4. The van der Waals surface area contributed by atoms with E-state index in [1.165, 1.54) is 25.7 Å². The summed E-state index contributed by atoms with van der Waals surface area (Å²) >= 11 is 0. The predicted octanol–water partition coefficient (Wildman–Crippen LogP) is 1.26. The predicted molar refractivity (Wildman–Crippen MR) is 80.7 cm³/mol. The van der Waals surface area contributed by atoms with Crippen molar-refractivity contribution in [2.24, 2.45) is 5.73 Å². The van der Waals surface area contributed by atoms with Crippen LogP contribution in [0.5, 0.6) is 0 Å². The van der Waals surface area contributed by atoms with Crippen LogP contribution in [0.2, 0.25) is 0 Å². The molecule has 1 aliphatic carbocycles. The zero-order valence-electron chi connectivity index (χ0n) is 12.2. The van der Waals surface area contributed by atoms with E-state index in [2.05, 4.69) is 19.8 Å². The zero-order chi connectivity index (χ0) is 13.8. The highest BCUT2D eigenvalue weighted by Gasteiger charge is 2.30. The van der Waals surface area contributed by atoms with E-state index in [9.17, 15) is 0 Å². The number of anilines is 1. The van der Waals surface area contributed by atoms with Gasteiger partial charge in [0.15, 0.2) is 0 Å². The molecule has 1 aromatic rings. The number of piperazine rings is 1. The molecule has 110 valence electrons. The van der Waals surface area contributed by atoms with E-state index in [1.54, 1.807) is 0 Å². The van der Waals surface area contributed by atoms with Gasteiger partial charge in [0.25, 0.3) is 0 Å². The fourth-order valence-corrected chi connectivity index (χ4v) is 3.34. The Bertz CT molecular complexity index is 408. The van der Waals surface area contributed by atoms with Crippen molar-refractivity contribution in [1.82, 2.24) is 14.9 Å². The lowest BCUT2D eigenvalue weighted by molar-refractivity contribution is 0.226. The number of hydrogen-bond acceptors (Lipinski definition) is 5. The van der Waals surface area contributed by atoms with E-state index in [4.69, 9.17) is 5.73 Å². The second-order valence-corrected chi connectivity index (χ2v) is 6.20. The van der Waals surface area contributed by atoms with Gasteiger partial charge in [0.2, 0.25) is 5.95 Å². The highest BCUT2D eigenvalue weighted by atomic mass is 15.3. The molecule has 5 heteroatoms. The summed E-state index contributed by atoms with van der Waals surface area (Å²) in [7, 11) is 0. The van der Waals surface area contributed by atoms with Crippen LogP contribution >= 0.6 is 0 Å². The maximum atomic E-state index is 6.44. The van der Waals surface area contributed by atoms with Gasteiger partial charge in [-0.3, -0.25) is 4.90 Å². The Labute approximate surface area is 121 Å². The lowest BCUT2D eigenvalue weighted by atomic mass is 9.94. The van der Waals surface area contributed by atoms with Gasteiger partial charge in [-0.2, -0.15) is 0 Å². The van der Waals surface area contributed by atoms with Gasteiger partial charge in [0, 0.05) is 50.7 Å². The molecule has 0 radical (unpaired) electrons. The second kappa shape index (κ2) is 6.06. The Kier molecular flexibility index (Phi) is 4.17. The Hall–Kier alpha value is -1.20. The molecule has 2 heterocycles. The third-order valence-corrected chi connectivity index (χ3v) is 4.73.